The Balaban J connectivity index is 1.85. The van der Waals surface area contributed by atoms with Crippen LogP contribution in [0.1, 0.15) is 52.0 Å². The molecule has 0 aliphatic rings. The molecule has 0 aromatic heterocycles. The molecule has 3 rings (SSSR count). The molecule has 0 aliphatic carbocycles. The monoisotopic (exact) mass is 608 g/mol. The molecule has 6 nitrogen and oxygen atoms in total. The first kappa shape index (κ1) is 27.9. The molecule has 0 bridgehead atoms. The molecule has 1 amide bonds. The Morgan fingerprint density at radius 2 is 1.68 bits per heavy atom. The average molecular weight is 608 g/mol. The Hall–Kier alpha value is -3.64. The summed E-state index contributed by atoms with van der Waals surface area (Å²) in [6.07, 6.45) is 2.26. The minimum Gasteiger partial charge on any atom is -0.494 e. The van der Waals surface area contributed by atoms with Crippen LogP contribution < -0.4 is 10.1 Å². The Kier molecular flexibility index (Phi) is 9.86. The second kappa shape index (κ2) is 13.1. The average Bonchev–Trinajstić information content (AvgIpc) is 2.84. The van der Waals surface area contributed by atoms with Crippen LogP contribution in [0.15, 0.2) is 60.2 Å². The number of carbonyl (C=O) groups is 2. The lowest BCUT2D eigenvalue weighted by atomic mass is 9.98. The predicted molar refractivity (Wildman–Crippen MR) is 154 cm³/mol. The quantitative estimate of drug-likeness (QED) is 0.128. The second-order valence-corrected chi connectivity index (χ2v) is 9.67. The zero-order chi connectivity index (χ0) is 26.9. The molecule has 37 heavy (non-hydrogen) atoms. The van der Waals surface area contributed by atoms with Crippen LogP contribution in [0.2, 0.25) is 0 Å². The number of halogens is 1. The van der Waals surface area contributed by atoms with Crippen LogP contribution in [0.5, 0.6) is 5.75 Å². The highest BCUT2D eigenvalue weighted by atomic mass is 127. The van der Waals surface area contributed by atoms with Gasteiger partial charge in [0, 0.05) is 21.2 Å². The molecule has 0 saturated carbocycles. The summed E-state index contributed by atoms with van der Waals surface area (Å²) in [5.41, 5.74) is 6.18. The zero-order valence-electron chi connectivity index (χ0n) is 21.4. The first-order valence-electron chi connectivity index (χ1n) is 12.0. The number of hydrogen-bond acceptors (Lipinski definition) is 5. The van der Waals surface area contributed by atoms with E-state index in [1.807, 2.05) is 25.1 Å². The fourth-order valence-corrected chi connectivity index (χ4v) is 4.78. The van der Waals surface area contributed by atoms with E-state index in [4.69, 9.17) is 9.47 Å². The van der Waals surface area contributed by atoms with Crippen molar-refractivity contribution >= 4 is 46.2 Å². The molecule has 0 heterocycles. The Bertz CT molecular complexity index is 1350. The van der Waals surface area contributed by atoms with Crippen molar-refractivity contribution in [2.75, 3.05) is 18.5 Å². The number of amides is 1. The Labute approximate surface area is 231 Å². The third-order valence-corrected chi connectivity index (χ3v) is 6.43. The fraction of sp³-hybridized carbons (Fsp3) is 0.233. The molecule has 0 spiro atoms. The van der Waals surface area contributed by atoms with Gasteiger partial charge in [-0.05, 0) is 104 Å². The molecule has 0 atom stereocenters. The summed E-state index contributed by atoms with van der Waals surface area (Å²) in [5, 5.41) is 12.4. The molecular formula is C30H29IN2O4. The van der Waals surface area contributed by atoms with Crippen molar-refractivity contribution in [1.82, 2.24) is 0 Å². The third kappa shape index (κ3) is 7.67. The van der Waals surface area contributed by atoms with Gasteiger partial charge in [-0.15, -0.1) is 0 Å². The van der Waals surface area contributed by atoms with Crippen LogP contribution in [-0.2, 0) is 16.0 Å². The number of carbonyl (C=O) groups excluding carboxylic acids is 2. The van der Waals surface area contributed by atoms with Crippen molar-refractivity contribution < 1.29 is 19.1 Å². The van der Waals surface area contributed by atoms with Gasteiger partial charge in [0.25, 0.3) is 5.91 Å². The van der Waals surface area contributed by atoms with Crippen LogP contribution in [-0.4, -0.2) is 25.1 Å². The summed E-state index contributed by atoms with van der Waals surface area (Å²) in [7, 11) is 0. The van der Waals surface area contributed by atoms with E-state index in [2.05, 4.69) is 60.0 Å². The summed E-state index contributed by atoms with van der Waals surface area (Å²) < 4.78 is 11.9. The number of nitriles is 1. The molecule has 190 valence electrons. The molecular weight excluding hydrogens is 579 g/mol. The number of anilines is 1. The molecule has 1 N–H and O–H groups in total. The molecule has 0 unspecified atom stereocenters. The van der Waals surface area contributed by atoms with E-state index < -0.39 is 11.9 Å². The molecule has 3 aromatic rings. The van der Waals surface area contributed by atoms with Crippen molar-refractivity contribution in [2.45, 2.75) is 34.1 Å². The maximum absolute atomic E-state index is 12.8. The first-order valence-corrected chi connectivity index (χ1v) is 13.0. The van der Waals surface area contributed by atoms with E-state index in [9.17, 15) is 14.9 Å². The van der Waals surface area contributed by atoms with Crippen LogP contribution in [0.25, 0.3) is 6.08 Å². The first-order chi connectivity index (χ1) is 17.7. The standard InChI is InChI=1S/C30H29IN2O4/c1-5-36-28-17-22(16-27(31)26(28)15-21-12-19(3)11-20(4)13-21)14-24(18-32)29(34)33-25-9-7-23(8-10-25)30(35)37-6-2/h7-14,16-17H,5-6,15H2,1-4H3,(H,33,34)/b24-14+. The summed E-state index contributed by atoms with van der Waals surface area (Å²) in [6, 6.07) is 18.6. The minimum absolute atomic E-state index is 0.0465. The number of nitrogens with one attached hydrogen (secondary N) is 1. The number of ether oxygens (including phenoxy) is 2. The molecule has 7 heteroatoms. The number of benzene rings is 3. The fourth-order valence-electron chi connectivity index (χ4n) is 3.96. The number of rotatable bonds is 9. The van der Waals surface area contributed by atoms with Gasteiger partial charge >= 0.3 is 5.97 Å². The summed E-state index contributed by atoms with van der Waals surface area (Å²) in [6.45, 7) is 8.61. The van der Waals surface area contributed by atoms with Crippen LogP contribution in [0.3, 0.4) is 0 Å². The van der Waals surface area contributed by atoms with E-state index in [1.54, 1.807) is 37.3 Å². The van der Waals surface area contributed by atoms with Crippen LogP contribution >= 0.6 is 22.6 Å². The van der Waals surface area contributed by atoms with Crippen molar-refractivity contribution in [2.24, 2.45) is 0 Å². The maximum Gasteiger partial charge on any atom is 0.338 e. The highest BCUT2D eigenvalue weighted by molar-refractivity contribution is 14.1. The molecule has 3 aromatic carbocycles. The van der Waals surface area contributed by atoms with Gasteiger partial charge in [0.2, 0.25) is 0 Å². The van der Waals surface area contributed by atoms with Crippen molar-refractivity contribution in [3.63, 3.8) is 0 Å². The zero-order valence-corrected chi connectivity index (χ0v) is 23.5. The number of esters is 1. The lowest BCUT2D eigenvalue weighted by molar-refractivity contribution is -0.112. The topological polar surface area (TPSA) is 88.4 Å². The van der Waals surface area contributed by atoms with Gasteiger partial charge in [-0.3, -0.25) is 4.79 Å². The summed E-state index contributed by atoms with van der Waals surface area (Å²) in [5.74, 6) is -0.246. The van der Waals surface area contributed by atoms with Crippen LogP contribution in [0.4, 0.5) is 5.69 Å². The third-order valence-electron chi connectivity index (χ3n) is 5.47. The smallest absolute Gasteiger partial charge is 0.338 e. The van der Waals surface area contributed by atoms with Gasteiger partial charge in [0.15, 0.2) is 0 Å². The van der Waals surface area contributed by atoms with Crippen molar-refractivity contribution in [3.8, 4) is 11.8 Å². The normalized spacial score (nSPS) is 11.0. The lowest BCUT2D eigenvalue weighted by Crippen LogP contribution is -2.13. The van der Waals surface area contributed by atoms with Gasteiger partial charge in [0.1, 0.15) is 17.4 Å². The van der Waals surface area contributed by atoms with Gasteiger partial charge in [-0.2, -0.15) is 5.26 Å². The Morgan fingerprint density at radius 3 is 2.27 bits per heavy atom. The van der Waals surface area contributed by atoms with Gasteiger partial charge in [0.05, 0.1) is 18.8 Å². The minimum atomic E-state index is -0.543. The molecule has 0 radical (unpaired) electrons. The van der Waals surface area contributed by atoms with E-state index in [-0.39, 0.29) is 12.2 Å². The Morgan fingerprint density at radius 1 is 1.00 bits per heavy atom. The van der Waals surface area contributed by atoms with Crippen molar-refractivity contribution in [1.29, 1.82) is 5.26 Å². The molecule has 0 saturated heterocycles. The lowest BCUT2D eigenvalue weighted by Gasteiger charge is -2.15. The SMILES string of the molecule is CCOC(=O)c1ccc(NC(=O)/C(C#N)=C/c2cc(I)c(Cc3cc(C)cc(C)c3)c(OCC)c2)cc1. The van der Waals surface area contributed by atoms with E-state index in [0.29, 0.717) is 29.8 Å². The number of hydrogen-bond donors (Lipinski definition) is 1. The largest absolute Gasteiger partial charge is 0.494 e. The highest BCUT2D eigenvalue weighted by Gasteiger charge is 2.15. The van der Waals surface area contributed by atoms with E-state index in [1.165, 1.54) is 16.7 Å². The number of aryl methyl sites for hydroxylation is 2. The summed E-state index contributed by atoms with van der Waals surface area (Å²) in [4.78, 5) is 24.6. The van der Waals surface area contributed by atoms with E-state index >= 15 is 0 Å². The number of nitrogens with zero attached hydrogens (tertiary/aromatic N) is 1. The van der Waals surface area contributed by atoms with Gasteiger partial charge in [-0.25, -0.2) is 4.79 Å². The van der Waals surface area contributed by atoms with E-state index in [0.717, 1.165) is 14.9 Å². The van der Waals surface area contributed by atoms with Crippen LogP contribution in [0, 0.1) is 28.7 Å². The van der Waals surface area contributed by atoms with Gasteiger partial charge < -0.3 is 14.8 Å². The van der Waals surface area contributed by atoms with Gasteiger partial charge in [-0.1, -0.05) is 29.3 Å². The second-order valence-electron chi connectivity index (χ2n) is 8.51. The molecule has 0 aliphatic heterocycles. The summed E-state index contributed by atoms with van der Waals surface area (Å²) >= 11 is 2.27. The maximum atomic E-state index is 12.8. The molecule has 0 fully saturated rings. The predicted octanol–water partition coefficient (Wildman–Crippen LogP) is 6.62. The highest BCUT2D eigenvalue weighted by Crippen LogP contribution is 2.30. The van der Waals surface area contributed by atoms with Crippen molar-refractivity contribution in [3.05, 3.63) is 97.1 Å².